The number of esters is 1. The number of carbonyl (C=O) groups excluding carboxylic acids is 1. The number of ether oxygens (including phenoxy) is 2. The predicted octanol–water partition coefficient (Wildman–Crippen LogP) is 2.96. The van der Waals surface area contributed by atoms with Gasteiger partial charge < -0.3 is 9.47 Å². The highest BCUT2D eigenvalue weighted by Gasteiger charge is 2.26. The minimum absolute atomic E-state index is 0.0181. The Labute approximate surface area is 145 Å². The molecule has 0 unspecified atom stereocenters. The summed E-state index contributed by atoms with van der Waals surface area (Å²) in [6.45, 7) is 0. The lowest BCUT2D eigenvalue weighted by atomic mass is 10.2. The lowest BCUT2D eigenvalue weighted by Crippen LogP contribution is -2.28. The molecule has 2 rings (SSSR count). The maximum Gasteiger partial charge on any atom is 0.340 e. The van der Waals surface area contributed by atoms with Gasteiger partial charge in [0.1, 0.15) is 5.75 Å². The molecule has 0 spiro atoms. The van der Waals surface area contributed by atoms with Crippen LogP contribution in [0.1, 0.15) is 10.4 Å². The van der Waals surface area contributed by atoms with Gasteiger partial charge in [-0.15, -0.1) is 0 Å². The molecule has 0 bridgehead atoms. The molecule has 0 amide bonds. The van der Waals surface area contributed by atoms with E-state index in [4.69, 9.17) is 21.1 Å². The van der Waals surface area contributed by atoms with Gasteiger partial charge in [-0.1, -0.05) is 23.7 Å². The van der Waals surface area contributed by atoms with E-state index >= 15 is 0 Å². The molecular formula is C16H16ClNO5S. The van der Waals surface area contributed by atoms with Gasteiger partial charge in [0, 0.05) is 7.05 Å². The van der Waals surface area contributed by atoms with Crippen molar-refractivity contribution in [2.75, 3.05) is 25.6 Å². The summed E-state index contributed by atoms with van der Waals surface area (Å²) in [7, 11) is 0.110. The first-order chi connectivity index (χ1) is 11.3. The number of nitrogens with zero attached hydrogens (tertiary/aromatic N) is 1. The van der Waals surface area contributed by atoms with Crippen molar-refractivity contribution in [1.29, 1.82) is 0 Å². The average Bonchev–Trinajstić information content (AvgIpc) is 2.60. The number of sulfonamides is 1. The fourth-order valence-electron chi connectivity index (χ4n) is 2.13. The van der Waals surface area contributed by atoms with E-state index < -0.39 is 16.0 Å². The molecule has 0 aliphatic carbocycles. The minimum Gasteiger partial charge on any atom is -0.495 e. The van der Waals surface area contributed by atoms with Crippen LogP contribution in [0.25, 0.3) is 0 Å². The number of benzene rings is 2. The van der Waals surface area contributed by atoms with Crippen LogP contribution in [0, 0.1) is 0 Å². The molecule has 0 aliphatic heterocycles. The quantitative estimate of drug-likeness (QED) is 0.757. The number of rotatable bonds is 5. The highest BCUT2D eigenvalue weighted by Crippen LogP contribution is 2.31. The molecule has 6 nitrogen and oxygen atoms in total. The second-order valence-corrected chi connectivity index (χ2v) is 7.15. The molecule has 0 fully saturated rings. The van der Waals surface area contributed by atoms with E-state index in [0.717, 1.165) is 4.31 Å². The first-order valence-corrected chi connectivity index (χ1v) is 8.64. The number of carbonyl (C=O) groups is 1. The van der Waals surface area contributed by atoms with Gasteiger partial charge in [0.05, 0.1) is 35.4 Å². The Morgan fingerprint density at radius 1 is 1.12 bits per heavy atom. The Balaban J connectivity index is 2.51. The van der Waals surface area contributed by atoms with Gasteiger partial charge in [-0.25, -0.2) is 13.2 Å². The van der Waals surface area contributed by atoms with Crippen molar-refractivity contribution >= 4 is 33.3 Å². The Bertz CT molecular complexity index is 867. The maximum atomic E-state index is 12.8. The summed E-state index contributed by atoms with van der Waals surface area (Å²) in [5.41, 5.74) is 0.349. The zero-order chi connectivity index (χ0) is 17.9. The topological polar surface area (TPSA) is 72.9 Å². The molecule has 0 saturated carbocycles. The molecule has 0 atom stereocenters. The first-order valence-electron chi connectivity index (χ1n) is 6.82. The van der Waals surface area contributed by atoms with Crippen LogP contribution in [-0.2, 0) is 14.8 Å². The number of hydrogen-bond acceptors (Lipinski definition) is 5. The van der Waals surface area contributed by atoms with Crippen molar-refractivity contribution in [3.63, 3.8) is 0 Å². The lowest BCUT2D eigenvalue weighted by molar-refractivity contribution is 0.0601. The molecule has 0 N–H and O–H groups in total. The minimum atomic E-state index is -3.92. The molecule has 2 aromatic rings. The Morgan fingerprint density at radius 3 is 2.38 bits per heavy atom. The van der Waals surface area contributed by atoms with Crippen LogP contribution in [0.5, 0.6) is 5.75 Å². The van der Waals surface area contributed by atoms with Crippen LogP contribution < -0.4 is 9.04 Å². The number of methoxy groups -OCH3 is 2. The van der Waals surface area contributed by atoms with Gasteiger partial charge >= 0.3 is 5.97 Å². The summed E-state index contributed by atoms with van der Waals surface area (Å²) in [6, 6.07) is 10.4. The summed E-state index contributed by atoms with van der Waals surface area (Å²) in [5.74, 6) is -0.256. The molecule has 24 heavy (non-hydrogen) atoms. The third-order valence-corrected chi connectivity index (χ3v) is 5.49. The largest absolute Gasteiger partial charge is 0.495 e. The zero-order valence-electron chi connectivity index (χ0n) is 13.3. The Kier molecular flexibility index (Phi) is 5.36. The summed E-state index contributed by atoms with van der Waals surface area (Å²) in [6.07, 6.45) is 0. The van der Waals surface area contributed by atoms with E-state index in [1.165, 1.54) is 51.6 Å². The highest BCUT2D eigenvalue weighted by molar-refractivity contribution is 7.92. The monoisotopic (exact) mass is 369 g/mol. The van der Waals surface area contributed by atoms with Gasteiger partial charge in [0.25, 0.3) is 10.0 Å². The van der Waals surface area contributed by atoms with Gasteiger partial charge in [-0.3, -0.25) is 4.31 Å². The summed E-state index contributed by atoms with van der Waals surface area (Å²) in [4.78, 5) is 11.8. The SMILES string of the molecule is COC(=O)c1ccccc1N(C)S(=O)(=O)c1ccc(OC)c(Cl)c1. The first kappa shape index (κ1) is 18.1. The molecule has 0 aromatic heterocycles. The van der Waals surface area contributed by atoms with Crippen molar-refractivity contribution < 1.29 is 22.7 Å². The van der Waals surface area contributed by atoms with Crippen molar-refractivity contribution in [2.45, 2.75) is 4.90 Å². The number of para-hydroxylation sites is 1. The van der Waals surface area contributed by atoms with E-state index in [1.54, 1.807) is 12.1 Å². The lowest BCUT2D eigenvalue weighted by Gasteiger charge is -2.22. The molecule has 0 aliphatic rings. The van der Waals surface area contributed by atoms with Crippen molar-refractivity contribution in [1.82, 2.24) is 0 Å². The smallest absolute Gasteiger partial charge is 0.340 e. The molecular weight excluding hydrogens is 354 g/mol. The van der Waals surface area contributed by atoms with Gasteiger partial charge in [-0.2, -0.15) is 0 Å². The van der Waals surface area contributed by atoms with Crippen LogP contribution >= 0.6 is 11.6 Å². The maximum absolute atomic E-state index is 12.8. The summed E-state index contributed by atoms with van der Waals surface area (Å²) < 4.78 is 36.4. The second-order valence-electron chi connectivity index (χ2n) is 4.78. The van der Waals surface area contributed by atoms with Gasteiger partial charge in [0.2, 0.25) is 0 Å². The average molecular weight is 370 g/mol. The molecule has 128 valence electrons. The predicted molar refractivity (Wildman–Crippen MR) is 91.4 cm³/mol. The standard InChI is InChI=1S/C16H16ClNO5S/c1-18(14-7-5-4-6-12(14)16(19)23-3)24(20,21)11-8-9-15(22-2)13(17)10-11/h4-10H,1-3H3. The van der Waals surface area contributed by atoms with Crippen LogP contribution in [0.4, 0.5) is 5.69 Å². The molecule has 0 heterocycles. The van der Waals surface area contributed by atoms with E-state index in [2.05, 4.69) is 0 Å². The van der Waals surface area contributed by atoms with Gasteiger partial charge in [0.15, 0.2) is 0 Å². The Hall–Kier alpha value is -2.25. The summed E-state index contributed by atoms with van der Waals surface area (Å²) in [5, 5.41) is 0.174. The van der Waals surface area contributed by atoms with Crippen LogP contribution in [-0.4, -0.2) is 35.7 Å². The zero-order valence-corrected chi connectivity index (χ0v) is 14.9. The normalized spacial score (nSPS) is 11.0. The number of anilines is 1. The van der Waals surface area contributed by atoms with Crippen LogP contribution in [0.3, 0.4) is 0 Å². The molecule has 2 aromatic carbocycles. The highest BCUT2D eigenvalue weighted by atomic mass is 35.5. The van der Waals surface area contributed by atoms with Crippen molar-refractivity contribution in [3.8, 4) is 5.75 Å². The molecule has 0 radical (unpaired) electrons. The molecule has 8 heteroatoms. The third-order valence-electron chi connectivity index (χ3n) is 3.43. The number of hydrogen-bond donors (Lipinski definition) is 0. The fourth-order valence-corrected chi connectivity index (χ4v) is 3.69. The van der Waals surface area contributed by atoms with E-state index in [0.29, 0.717) is 5.75 Å². The second kappa shape index (κ2) is 7.11. The van der Waals surface area contributed by atoms with E-state index in [9.17, 15) is 13.2 Å². The molecule has 0 saturated heterocycles. The Morgan fingerprint density at radius 2 is 1.79 bits per heavy atom. The van der Waals surface area contributed by atoms with Crippen LogP contribution in [0.2, 0.25) is 5.02 Å². The summed E-state index contributed by atoms with van der Waals surface area (Å²) >= 11 is 6.01. The van der Waals surface area contributed by atoms with Crippen molar-refractivity contribution in [2.24, 2.45) is 0 Å². The third kappa shape index (κ3) is 3.32. The van der Waals surface area contributed by atoms with Crippen LogP contribution in [0.15, 0.2) is 47.4 Å². The van der Waals surface area contributed by atoms with E-state index in [1.807, 2.05) is 0 Å². The van der Waals surface area contributed by atoms with Crippen molar-refractivity contribution in [3.05, 3.63) is 53.1 Å². The van der Waals surface area contributed by atoms with Gasteiger partial charge in [-0.05, 0) is 30.3 Å². The fraction of sp³-hybridized carbons (Fsp3) is 0.188. The number of halogens is 1. The van der Waals surface area contributed by atoms with E-state index in [-0.39, 0.29) is 21.2 Å².